The summed E-state index contributed by atoms with van der Waals surface area (Å²) in [5.74, 6) is -0.0774. The van der Waals surface area contributed by atoms with Crippen molar-refractivity contribution >= 4 is 12.0 Å². The summed E-state index contributed by atoms with van der Waals surface area (Å²) in [7, 11) is 0. The summed E-state index contributed by atoms with van der Waals surface area (Å²) in [4.78, 5) is 15.5. The predicted octanol–water partition coefficient (Wildman–Crippen LogP) is 1.54. The summed E-state index contributed by atoms with van der Waals surface area (Å²) in [5.41, 5.74) is 1.93. The van der Waals surface area contributed by atoms with E-state index in [1.165, 1.54) is 6.08 Å². The Kier molecular flexibility index (Phi) is 5.52. The summed E-state index contributed by atoms with van der Waals surface area (Å²) in [6.07, 6.45) is 6.10. The minimum Gasteiger partial charge on any atom is -0.391 e. The highest BCUT2D eigenvalue weighted by molar-refractivity contribution is 5.91. The average Bonchev–Trinajstić information content (AvgIpc) is 2.33. The zero-order valence-corrected chi connectivity index (χ0v) is 11.1. The van der Waals surface area contributed by atoms with Gasteiger partial charge in [-0.1, -0.05) is 13.8 Å². The number of hydrogen-bond acceptors (Lipinski definition) is 3. The minimum absolute atomic E-state index is 0.134. The fraction of sp³-hybridized carbons (Fsp3) is 0.429. The first kappa shape index (κ1) is 14.4. The number of rotatable bonds is 5. The van der Waals surface area contributed by atoms with Crippen LogP contribution in [0.25, 0.3) is 6.08 Å². The van der Waals surface area contributed by atoms with E-state index in [0.717, 1.165) is 11.1 Å². The maximum absolute atomic E-state index is 11.5. The summed E-state index contributed by atoms with van der Waals surface area (Å²) in [6.45, 7) is 6.03. The average molecular weight is 248 g/mol. The molecule has 1 unspecified atom stereocenters. The van der Waals surface area contributed by atoms with E-state index in [0.29, 0.717) is 0 Å². The molecule has 1 aromatic heterocycles. The van der Waals surface area contributed by atoms with Crippen molar-refractivity contribution in [2.24, 2.45) is 5.92 Å². The van der Waals surface area contributed by atoms with Crippen molar-refractivity contribution in [3.8, 4) is 0 Å². The Labute approximate surface area is 108 Å². The zero-order chi connectivity index (χ0) is 13.5. The fourth-order valence-electron chi connectivity index (χ4n) is 1.34. The van der Waals surface area contributed by atoms with Crippen molar-refractivity contribution < 1.29 is 9.90 Å². The van der Waals surface area contributed by atoms with Crippen molar-refractivity contribution in [3.05, 3.63) is 35.7 Å². The van der Waals surface area contributed by atoms with Gasteiger partial charge >= 0.3 is 0 Å². The highest BCUT2D eigenvalue weighted by atomic mass is 16.3. The third kappa shape index (κ3) is 5.10. The van der Waals surface area contributed by atoms with Gasteiger partial charge in [-0.3, -0.25) is 9.78 Å². The van der Waals surface area contributed by atoms with Gasteiger partial charge in [0.15, 0.2) is 0 Å². The number of amides is 1. The molecule has 1 amide bonds. The maximum Gasteiger partial charge on any atom is 0.244 e. The van der Waals surface area contributed by atoms with E-state index >= 15 is 0 Å². The molecule has 0 aliphatic carbocycles. The molecule has 0 bridgehead atoms. The van der Waals surface area contributed by atoms with Crippen molar-refractivity contribution in [2.75, 3.05) is 6.54 Å². The van der Waals surface area contributed by atoms with Crippen molar-refractivity contribution in [2.45, 2.75) is 26.9 Å². The number of nitrogens with zero attached hydrogens (tertiary/aromatic N) is 1. The van der Waals surface area contributed by atoms with Gasteiger partial charge in [0.25, 0.3) is 0 Å². The molecule has 1 atom stereocenters. The Balaban J connectivity index is 2.45. The molecule has 4 nitrogen and oxygen atoms in total. The Morgan fingerprint density at radius 1 is 1.50 bits per heavy atom. The maximum atomic E-state index is 11.5. The lowest BCUT2D eigenvalue weighted by atomic mass is 10.1. The molecule has 0 aliphatic heterocycles. The molecular formula is C14H20N2O2. The summed E-state index contributed by atoms with van der Waals surface area (Å²) < 4.78 is 0. The Morgan fingerprint density at radius 2 is 2.22 bits per heavy atom. The van der Waals surface area contributed by atoms with Crippen LogP contribution in [-0.2, 0) is 4.79 Å². The molecule has 2 N–H and O–H groups in total. The lowest BCUT2D eigenvalue weighted by molar-refractivity contribution is -0.117. The zero-order valence-electron chi connectivity index (χ0n) is 11.1. The SMILES string of the molecule is Cc1cncc(/C=C/C(=O)NCC(O)C(C)C)c1. The van der Waals surface area contributed by atoms with Crippen LogP contribution in [0.3, 0.4) is 0 Å². The van der Waals surface area contributed by atoms with E-state index < -0.39 is 6.10 Å². The lowest BCUT2D eigenvalue weighted by Crippen LogP contribution is -2.33. The molecule has 0 saturated heterocycles. The highest BCUT2D eigenvalue weighted by Crippen LogP contribution is 2.03. The monoisotopic (exact) mass is 248 g/mol. The molecule has 1 rings (SSSR count). The van der Waals surface area contributed by atoms with Crippen LogP contribution in [0.2, 0.25) is 0 Å². The van der Waals surface area contributed by atoms with Gasteiger partial charge in [-0.15, -0.1) is 0 Å². The van der Waals surface area contributed by atoms with E-state index in [-0.39, 0.29) is 18.4 Å². The Morgan fingerprint density at radius 3 is 2.83 bits per heavy atom. The van der Waals surface area contributed by atoms with Gasteiger partial charge in [0, 0.05) is 25.0 Å². The van der Waals surface area contributed by atoms with Crippen molar-refractivity contribution in [1.29, 1.82) is 0 Å². The quantitative estimate of drug-likeness (QED) is 0.777. The summed E-state index contributed by atoms with van der Waals surface area (Å²) in [5, 5.41) is 12.2. The van der Waals surface area contributed by atoms with Crippen molar-refractivity contribution in [3.63, 3.8) is 0 Å². The van der Waals surface area contributed by atoms with Gasteiger partial charge in [0.2, 0.25) is 5.91 Å². The third-order valence-corrected chi connectivity index (χ3v) is 2.58. The number of hydrogen-bond donors (Lipinski definition) is 2. The first-order valence-corrected chi connectivity index (χ1v) is 6.04. The first-order chi connectivity index (χ1) is 8.49. The van der Waals surface area contributed by atoms with Crippen LogP contribution in [0.5, 0.6) is 0 Å². The number of pyridine rings is 1. The minimum atomic E-state index is -0.511. The third-order valence-electron chi connectivity index (χ3n) is 2.58. The van der Waals surface area contributed by atoms with Crippen LogP contribution < -0.4 is 5.32 Å². The fourth-order valence-corrected chi connectivity index (χ4v) is 1.34. The smallest absolute Gasteiger partial charge is 0.244 e. The van der Waals surface area contributed by atoms with Crippen molar-refractivity contribution in [1.82, 2.24) is 10.3 Å². The second-order valence-corrected chi connectivity index (χ2v) is 4.69. The number of carbonyl (C=O) groups excluding carboxylic acids is 1. The van der Waals surface area contributed by atoms with Gasteiger partial charge in [-0.2, -0.15) is 0 Å². The number of aryl methyl sites for hydroxylation is 1. The second-order valence-electron chi connectivity index (χ2n) is 4.69. The van der Waals surface area contributed by atoms with Crippen LogP contribution in [0.15, 0.2) is 24.5 Å². The molecule has 0 aromatic carbocycles. The molecule has 4 heteroatoms. The van der Waals surface area contributed by atoms with Crippen LogP contribution >= 0.6 is 0 Å². The van der Waals surface area contributed by atoms with Gasteiger partial charge in [0.05, 0.1) is 6.10 Å². The topological polar surface area (TPSA) is 62.2 Å². The normalized spacial score (nSPS) is 12.9. The molecular weight excluding hydrogens is 228 g/mol. The van der Waals surface area contributed by atoms with Crippen LogP contribution in [0.4, 0.5) is 0 Å². The van der Waals surface area contributed by atoms with Gasteiger partial charge in [-0.05, 0) is 36.1 Å². The standard InChI is InChI=1S/C14H20N2O2/c1-10(2)13(17)9-16-14(18)5-4-12-6-11(3)7-15-8-12/h4-8,10,13,17H,9H2,1-3H3,(H,16,18)/b5-4+. The van der Waals surface area contributed by atoms with Crippen LogP contribution in [0.1, 0.15) is 25.0 Å². The van der Waals surface area contributed by atoms with Crippen LogP contribution in [0, 0.1) is 12.8 Å². The van der Waals surface area contributed by atoms with Crippen LogP contribution in [-0.4, -0.2) is 28.6 Å². The molecule has 1 heterocycles. The van der Waals surface area contributed by atoms with E-state index in [4.69, 9.17) is 0 Å². The molecule has 0 radical (unpaired) electrons. The van der Waals surface area contributed by atoms with E-state index in [1.54, 1.807) is 18.5 Å². The van der Waals surface area contributed by atoms with Gasteiger partial charge < -0.3 is 10.4 Å². The highest BCUT2D eigenvalue weighted by Gasteiger charge is 2.09. The molecule has 1 aromatic rings. The molecule has 0 saturated carbocycles. The molecule has 0 fully saturated rings. The van der Waals surface area contributed by atoms with Gasteiger partial charge in [0.1, 0.15) is 0 Å². The molecule has 0 spiro atoms. The Bertz CT molecular complexity index is 428. The second kappa shape index (κ2) is 6.91. The summed E-state index contributed by atoms with van der Waals surface area (Å²) in [6, 6.07) is 1.94. The molecule has 18 heavy (non-hydrogen) atoms. The number of nitrogens with one attached hydrogen (secondary N) is 1. The number of aliphatic hydroxyl groups excluding tert-OH is 1. The lowest BCUT2D eigenvalue weighted by Gasteiger charge is -2.13. The van der Waals surface area contributed by atoms with Gasteiger partial charge in [-0.25, -0.2) is 0 Å². The summed E-state index contributed by atoms with van der Waals surface area (Å²) >= 11 is 0. The largest absolute Gasteiger partial charge is 0.391 e. The van der Waals surface area contributed by atoms with E-state index in [9.17, 15) is 9.90 Å². The molecule has 98 valence electrons. The number of carbonyl (C=O) groups is 1. The Hall–Kier alpha value is -1.68. The number of aliphatic hydroxyl groups is 1. The molecule has 0 aliphatic rings. The number of aromatic nitrogens is 1. The first-order valence-electron chi connectivity index (χ1n) is 6.04. The van der Waals surface area contributed by atoms with E-state index in [2.05, 4.69) is 10.3 Å². The predicted molar refractivity (Wildman–Crippen MR) is 71.9 cm³/mol. The van der Waals surface area contributed by atoms with E-state index in [1.807, 2.05) is 26.8 Å².